The summed E-state index contributed by atoms with van der Waals surface area (Å²) >= 11 is 0. The van der Waals surface area contributed by atoms with Crippen molar-refractivity contribution in [2.75, 3.05) is 19.8 Å². The molecular weight excluding hydrogens is 164 g/mol. The highest BCUT2D eigenvalue weighted by atomic mass is 16.5. The van der Waals surface area contributed by atoms with Crippen molar-refractivity contribution in [3.8, 4) is 0 Å². The van der Waals surface area contributed by atoms with E-state index < -0.39 is 0 Å². The van der Waals surface area contributed by atoms with Crippen molar-refractivity contribution in [3.05, 3.63) is 24.3 Å². The summed E-state index contributed by atoms with van der Waals surface area (Å²) < 4.78 is 5.33. The number of aliphatic hydroxyl groups is 1. The van der Waals surface area contributed by atoms with Crippen LogP contribution in [0.25, 0.3) is 0 Å². The average Bonchev–Trinajstić information content (AvgIpc) is 2.16. The predicted molar refractivity (Wildman–Crippen MR) is 55.7 cm³/mol. The molecule has 2 nitrogen and oxygen atoms in total. The summed E-state index contributed by atoms with van der Waals surface area (Å²) in [5.41, 5.74) is 0. The fourth-order valence-corrected chi connectivity index (χ4v) is 0.879. The highest BCUT2D eigenvalue weighted by Gasteiger charge is 1.84. The van der Waals surface area contributed by atoms with Gasteiger partial charge in [-0.25, -0.2) is 0 Å². The van der Waals surface area contributed by atoms with Gasteiger partial charge in [0.2, 0.25) is 0 Å². The fraction of sp³-hybridized carbons (Fsp3) is 0.636. The zero-order valence-corrected chi connectivity index (χ0v) is 8.41. The maximum Gasteiger partial charge on any atom is 0.0650 e. The van der Waals surface area contributed by atoms with Crippen LogP contribution in [0.3, 0.4) is 0 Å². The molecule has 0 saturated heterocycles. The molecule has 0 fully saturated rings. The lowest BCUT2D eigenvalue weighted by molar-refractivity contribution is 0.157. The monoisotopic (exact) mass is 184 g/mol. The lowest BCUT2D eigenvalue weighted by atomic mass is 10.3. The molecule has 0 aliphatic carbocycles. The second kappa shape index (κ2) is 11.4. The number of rotatable bonds is 8. The highest BCUT2D eigenvalue weighted by molar-refractivity contribution is 5.02. The minimum absolute atomic E-state index is 0.0989. The first-order chi connectivity index (χ1) is 6.41. The molecule has 0 amide bonds. The Balaban J connectivity index is 3.06. The van der Waals surface area contributed by atoms with Gasteiger partial charge in [0.25, 0.3) is 0 Å². The van der Waals surface area contributed by atoms with Crippen molar-refractivity contribution >= 4 is 0 Å². The maximum atomic E-state index is 8.41. The molecule has 0 atom stereocenters. The minimum Gasteiger partial charge on any atom is -0.392 e. The Morgan fingerprint density at radius 3 is 2.62 bits per heavy atom. The van der Waals surface area contributed by atoms with Crippen LogP contribution >= 0.6 is 0 Å². The zero-order valence-electron chi connectivity index (χ0n) is 8.41. The minimum atomic E-state index is 0.0989. The topological polar surface area (TPSA) is 29.5 Å². The van der Waals surface area contributed by atoms with Gasteiger partial charge < -0.3 is 9.84 Å². The Bertz CT molecular complexity index is 139. The molecule has 0 aromatic carbocycles. The molecule has 0 spiro atoms. The van der Waals surface area contributed by atoms with Crippen molar-refractivity contribution in [2.45, 2.75) is 26.2 Å². The van der Waals surface area contributed by atoms with E-state index in [-0.39, 0.29) is 6.61 Å². The van der Waals surface area contributed by atoms with Gasteiger partial charge in [-0.15, -0.1) is 0 Å². The number of hydrogen-bond acceptors (Lipinski definition) is 2. The number of aliphatic hydroxyl groups excluding tert-OH is 1. The zero-order chi connectivity index (χ0) is 9.78. The van der Waals surface area contributed by atoms with Crippen LogP contribution in [0.2, 0.25) is 0 Å². The van der Waals surface area contributed by atoms with E-state index in [1.54, 1.807) is 6.08 Å². The molecule has 0 aromatic heterocycles. The third kappa shape index (κ3) is 11.4. The van der Waals surface area contributed by atoms with E-state index in [4.69, 9.17) is 9.84 Å². The quantitative estimate of drug-likeness (QED) is 0.463. The van der Waals surface area contributed by atoms with Gasteiger partial charge >= 0.3 is 0 Å². The van der Waals surface area contributed by atoms with Crippen LogP contribution in [-0.4, -0.2) is 24.9 Å². The highest BCUT2D eigenvalue weighted by Crippen LogP contribution is 1.93. The van der Waals surface area contributed by atoms with E-state index >= 15 is 0 Å². The second-order valence-corrected chi connectivity index (χ2v) is 2.82. The Kier molecular flexibility index (Phi) is 10.9. The van der Waals surface area contributed by atoms with Gasteiger partial charge in [0.1, 0.15) is 0 Å². The van der Waals surface area contributed by atoms with E-state index in [0.29, 0.717) is 6.61 Å². The molecule has 76 valence electrons. The van der Waals surface area contributed by atoms with E-state index in [2.05, 4.69) is 6.92 Å². The predicted octanol–water partition coefficient (Wildman–Crippen LogP) is 2.30. The first-order valence-electron chi connectivity index (χ1n) is 4.92. The Morgan fingerprint density at radius 1 is 1.15 bits per heavy atom. The lowest BCUT2D eigenvalue weighted by Crippen LogP contribution is -1.93. The summed E-state index contributed by atoms with van der Waals surface area (Å²) in [5.74, 6) is 0. The van der Waals surface area contributed by atoms with Crippen LogP contribution in [0.5, 0.6) is 0 Å². The fourth-order valence-electron chi connectivity index (χ4n) is 0.879. The smallest absolute Gasteiger partial charge is 0.0650 e. The van der Waals surface area contributed by atoms with Crippen molar-refractivity contribution in [1.82, 2.24) is 0 Å². The van der Waals surface area contributed by atoms with Gasteiger partial charge in [-0.05, 0) is 6.42 Å². The largest absolute Gasteiger partial charge is 0.392 e. The summed E-state index contributed by atoms with van der Waals surface area (Å²) in [6.45, 7) is 3.79. The Labute approximate surface area is 80.9 Å². The summed E-state index contributed by atoms with van der Waals surface area (Å²) in [6, 6.07) is 0. The van der Waals surface area contributed by atoms with Gasteiger partial charge in [-0.2, -0.15) is 0 Å². The van der Waals surface area contributed by atoms with Crippen molar-refractivity contribution in [3.63, 3.8) is 0 Å². The molecule has 1 N–H and O–H groups in total. The number of allylic oxidation sites excluding steroid dienone is 2. The molecule has 0 unspecified atom stereocenters. The Hall–Kier alpha value is -0.600. The van der Waals surface area contributed by atoms with Gasteiger partial charge in [0.05, 0.1) is 13.2 Å². The van der Waals surface area contributed by atoms with Gasteiger partial charge in [-0.1, -0.05) is 44.1 Å². The molecule has 0 heterocycles. The molecule has 0 rings (SSSR count). The molecule has 0 aliphatic rings. The molecule has 0 bridgehead atoms. The molecule has 0 aliphatic heterocycles. The van der Waals surface area contributed by atoms with Crippen LogP contribution < -0.4 is 0 Å². The van der Waals surface area contributed by atoms with E-state index in [1.165, 1.54) is 12.8 Å². The molecule has 2 heteroatoms. The summed E-state index contributed by atoms with van der Waals surface area (Å²) in [7, 11) is 0. The van der Waals surface area contributed by atoms with E-state index in [1.807, 2.05) is 18.2 Å². The van der Waals surface area contributed by atoms with E-state index in [0.717, 1.165) is 13.0 Å². The first-order valence-corrected chi connectivity index (χ1v) is 4.92. The number of ether oxygens (including phenoxy) is 1. The molecule has 0 radical (unpaired) electrons. The van der Waals surface area contributed by atoms with Crippen LogP contribution in [0.4, 0.5) is 0 Å². The SMILES string of the molecule is CCCCCOC/C=C/C=C/CO. The Morgan fingerprint density at radius 2 is 1.92 bits per heavy atom. The summed E-state index contributed by atoms with van der Waals surface area (Å²) in [4.78, 5) is 0. The van der Waals surface area contributed by atoms with Crippen LogP contribution in [0.15, 0.2) is 24.3 Å². The third-order valence-electron chi connectivity index (χ3n) is 1.59. The van der Waals surface area contributed by atoms with Crippen molar-refractivity contribution in [1.29, 1.82) is 0 Å². The van der Waals surface area contributed by atoms with Crippen LogP contribution in [-0.2, 0) is 4.74 Å². The van der Waals surface area contributed by atoms with Crippen LogP contribution in [0, 0.1) is 0 Å². The lowest BCUT2D eigenvalue weighted by Gasteiger charge is -1.98. The molecule has 13 heavy (non-hydrogen) atoms. The number of hydrogen-bond donors (Lipinski definition) is 1. The third-order valence-corrected chi connectivity index (χ3v) is 1.59. The second-order valence-electron chi connectivity index (χ2n) is 2.82. The molecular formula is C11H20O2. The maximum absolute atomic E-state index is 8.41. The van der Waals surface area contributed by atoms with Crippen molar-refractivity contribution in [2.24, 2.45) is 0 Å². The first kappa shape index (κ1) is 12.4. The van der Waals surface area contributed by atoms with Gasteiger partial charge in [0, 0.05) is 6.61 Å². The summed E-state index contributed by atoms with van der Waals surface area (Å²) in [5, 5.41) is 8.41. The number of unbranched alkanes of at least 4 members (excludes halogenated alkanes) is 2. The standard InChI is InChI=1S/C11H20O2/c1-2-3-7-10-13-11-8-5-4-6-9-12/h4-6,8,12H,2-3,7,9-11H2,1H3/b6-4+,8-5+. The molecule has 0 aromatic rings. The van der Waals surface area contributed by atoms with Gasteiger partial charge in [0.15, 0.2) is 0 Å². The van der Waals surface area contributed by atoms with E-state index in [9.17, 15) is 0 Å². The van der Waals surface area contributed by atoms with Crippen molar-refractivity contribution < 1.29 is 9.84 Å². The van der Waals surface area contributed by atoms with Gasteiger partial charge in [-0.3, -0.25) is 0 Å². The van der Waals surface area contributed by atoms with Crippen LogP contribution in [0.1, 0.15) is 26.2 Å². The normalized spacial score (nSPS) is 11.8. The average molecular weight is 184 g/mol. The summed E-state index contributed by atoms with van der Waals surface area (Å²) in [6.07, 6.45) is 11.0. The molecule has 0 saturated carbocycles.